The molecule has 0 saturated carbocycles. The number of benzene rings is 2. The number of hydrogen-bond acceptors (Lipinski definition) is 2. The van der Waals surface area contributed by atoms with Crippen molar-refractivity contribution in [3.63, 3.8) is 0 Å². The summed E-state index contributed by atoms with van der Waals surface area (Å²) in [6.45, 7) is 0. The summed E-state index contributed by atoms with van der Waals surface area (Å²) in [7, 11) is 0. The molecule has 0 aromatic heterocycles. The Kier molecular flexibility index (Phi) is 4.73. The average molecular weight is 407 g/mol. The maximum absolute atomic E-state index is 12.6. The molecule has 0 heterocycles. The number of hydrogen-bond donors (Lipinski definition) is 2. The van der Waals surface area contributed by atoms with Crippen molar-refractivity contribution in [3.05, 3.63) is 68.7 Å². The molecule has 3 rings (SSSR count). The molecule has 1 aliphatic rings. The third-order valence-electron chi connectivity index (χ3n) is 3.87. The standard InChI is InChI=1S/C18H13BrClNO3/c19-11-2-5-13(6-3-11)21-17(22)15-7-1-10-9-12(20)4-8-14(10)16(15)18(23)24/h2-6,8-9H,1,7H2,(H,21,22)(H,23,24). The summed E-state index contributed by atoms with van der Waals surface area (Å²) in [6.07, 6.45) is 0.938. The number of rotatable bonds is 3. The Balaban J connectivity index is 1.98. The molecule has 4 nitrogen and oxygen atoms in total. The summed E-state index contributed by atoms with van der Waals surface area (Å²) < 4.78 is 0.898. The van der Waals surface area contributed by atoms with Crippen LogP contribution in [0.1, 0.15) is 17.5 Å². The third kappa shape index (κ3) is 3.37. The fourth-order valence-electron chi connectivity index (χ4n) is 2.77. The number of carboxylic acid groups (broad SMARTS) is 1. The Bertz CT molecular complexity index is 859. The Morgan fingerprint density at radius 3 is 2.46 bits per heavy atom. The number of amides is 1. The van der Waals surface area contributed by atoms with Crippen LogP contribution in [0.25, 0.3) is 5.57 Å². The van der Waals surface area contributed by atoms with Gasteiger partial charge < -0.3 is 10.4 Å². The lowest BCUT2D eigenvalue weighted by molar-refractivity contribution is -0.130. The summed E-state index contributed by atoms with van der Waals surface area (Å²) in [5, 5.41) is 12.9. The van der Waals surface area contributed by atoms with E-state index in [2.05, 4.69) is 21.2 Å². The lowest BCUT2D eigenvalue weighted by Crippen LogP contribution is -2.22. The van der Waals surface area contributed by atoms with Crippen molar-refractivity contribution in [2.45, 2.75) is 12.8 Å². The van der Waals surface area contributed by atoms with Crippen LogP contribution in [-0.4, -0.2) is 17.0 Å². The summed E-state index contributed by atoms with van der Waals surface area (Å²) in [6, 6.07) is 12.2. The van der Waals surface area contributed by atoms with Crippen molar-refractivity contribution in [3.8, 4) is 0 Å². The molecule has 0 saturated heterocycles. The van der Waals surface area contributed by atoms with Crippen LogP contribution >= 0.6 is 27.5 Å². The Hall–Kier alpha value is -2.11. The van der Waals surface area contributed by atoms with Crippen molar-refractivity contribution >= 4 is 50.7 Å². The molecule has 6 heteroatoms. The highest BCUT2D eigenvalue weighted by atomic mass is 79.9. The van der Waals surface area contributed by atoms with Crippen molar-refractivity contribution < 1.29 is 14.7 Å². The van der Waals surface area contributed by atoms with Gasteiger partial charge in [0.1, 0.15) is 0 Å². The molecule has 0 unspecified atom stereocenters. The van der Waals surface area contributed by atoms with Gasteiger partial charge >= 0.3 is 5.97 Å². The van der Waals surface area contributed by atoms with Crippen LogP contribution in [-0.2, 0) is 16.0 Å². The molecule has 0 atom stereocenters. The second kappa shape index (κ2) is 6.79. The Morgan fingerprint density at radius 2 is 1.79 bits per heavy atom. The predicted molar refractivity (Wildman–Crippen MR) is 97.1 cm³/mol. The number of aliphatic carboxylic acids is 1. The normalized spacial score (nSPS) is 13.4. The zero-order valence-corrected chi connectivity index (χ0v) is 14.8. The minimum atomic E-state index is -1.11. The summed E-state index contributed by atoms with van der Waals surface area (Å²) >= 11 is 9.31. The van der Waals surface area contributed by atoms with E-state index in [4.69, 9.17) is 11.6 Å². The Labute approximate surface area is 152 Å². The topological polar surface area (TPSA) is 66.4 Å². The van der Waals surface area contributed by atoms with Gasteiger partial charge in [-0.2, -0.15) is 0 Å². The number of anilines is 1. The number of carbonyl (C=O) groups excluding carboxylic acids is 1. The molecule has 1 aliphatic carbocycles. The SMILES string of the molecule is O=C(O)C1=C(C(=O)Nc2ccc(Br)cc2)CCc2cc(Cl)ccc21. The Morgan fingerprint density at radius 1 is 1.08 bits per heavy atom. The van der Waals surface area contributed by atoms with Gasteiger partial charge in [0.15, 0.2) is 0 Å². The van der Waals surface area contributed by atoms with Crippen LogP contribution in [0.3, 0.4) is 0 Å². The van der Waals surface area contributed by atoms with Gasteiger partial charge in [-0.15, -0.1) is 0 Å². The molecule has 24 heavy (non-hydrogen) atoms. The summed E-state index contributed by atoms with van der Waals surface area (Å²) in [5.74, 6) is -1.51. The molecule has 122 valence electrons. The molecule has 0 bridgehead atoms. The molecule has 0 aliphatic heterocycles. The van der Waals surface area contributed by atoms with Gasteiger partial charge in [0.05, 0.1) is 5.57 Å². The molecule has 0 fully saturated rings. The predicted octanol–water partition coefficient (Wildman–Crippen LogP) is 4.53. The van der Waals surface area contributed by atoms with Crippen LogP contribution in [0, 0.1) is 0 Å². The van der Waals surface area contributed by atoms with E-state index in [0.29, 0.717) is 29.1 Å². The highest BCUT2D eigenvalue weighted by molar-refractivity contribution is 9.10. The number of carbonyl (C=O) groups is 2. The first-order valence-corrected chi connectivity index (χ1v) is 8.45. The second-order valence-electron chi connectivity index (χ2n) is 5.42. The van der Waals surface area contributed by atoms with Gasteiger partial charge in [-0.05, 0) is 60.4 Å². The first kappa shape index (κ1) is 16.7. The van der Waals surface area contributed by atoms with Gasteiger partial charge in [-0.3, -0.25) is 4.79 Å². The summed E-state index contributed by atoms with van der Waals surface area (Å²) in [5.41, 5.74) is 2.34. The lowest BCUT2D eigenvalue weighted by Gasteiger charge is -2.21. The number of carboxylic acids is 1. The molecule has 0 radical (unpaired) electrons. The maximum Gasteiger partial charge on any atom is 0.336 e. The van der Waals surface area contributed by atoms with E-state index < -0.39 is 11.9 Å². The molecule has 0 spiro atoms. The van der Waals surface area contributed by atoms with Crippen molar-refractivity contribution in [2.24, 2.45) is 0 Å². The van der Waals surface area contributed by atoms with Gasteiger partial charge in [0, 0.05) is 20.8 Å². The quantitative estimate of drug-likeness (QED) is 0.787. The number of aryl methyl sites for hydroxylation is 1. The highest BCUT2D eigenvalue weighted by Crippen LogP contribution is 2.33. The van der Waals surface area contributed by atoms with E-state index in [1.54, 1.807) is 42.5 Å². The van der Waals surface area contributed by atoms with E-state index in [-0.39, 0.29) is 11.1 Å². The van der Waals surface area contributed by atoms with Gasteiger partial charge in [-0.25, -0.2) is 4.79 Å². The first-order valence-electron chi connectivity index (χ1n) is 7.28. The van der Waals surface area contributed by atoms with E-state index in [9.17, 15) is 14.7 Å². The molecule has 1 amide bonds. The monoisotopic (exact) mass is 405 g/mol. The minimum Gasteiger partial charge on any atom is -0.478 e. The van der Waals surface area contributed by atoms with E-state index >= 15 is 0 Å². The summed E-state index contributed by atoms with van der Waals surface area (Å²) in [4.78, 5) is 24.3. The van der Waals surface area contributed by atoms with Crippen LogP contribution in [0.2, 0.25) is 5.02 Å². The zero-order chi connectivity index (χ0) is 17.3. The fraction of sp³-hybridized carbons (Fsp3) is 0.111. The molecular formula is C18H13BrClNO3. The van der Waals surface area contributed by atoms with Crippen LogP contribution in [0.5, 0.6) is 0 Å². The third-order valence-corrected chi connectivity index (χ3v) is 4.64. The number of nitrogens with one attached hydrogen (secondary N) is 1. The minimum absolute atomic E-state index is 0.0440. The van der Waals surface area contributed by atoms with Crippen molar-refractivity contribution in [1.82, 2.24) is 0 Å². The molecule has 2 aromatic carbocycles. The van der Waals surface area contributed by atoms with Crippen LogP contribution in [0.15, 0.2) is 52.5 Å². The number of fused-ring (bicyclic) bond motifs is 1. The van der Waals surface area contributed by atoms with Crippen molar-refractivity contribution in [1.29, 1.82) is 0 Å². The average Bonchev–Trinajstić information content (AvgIpc) is 2.55. The van der Waals surface area contributed by atoms with Gasteiger partial charge in [0.25, 0.3) is 5.91 Å². The van der Waals surface area contributed by atoms with Crippen LogP contribution < -0.4 is 5.32 Å². The molecule has 2 N–H and O–H groups in total. The zero-order valence-electron chi connectivity index (χ0n) is 12.5. The molecule has 2 aromatic rings. The maximum atomic E-state index is 12.6. The van der Waals surface area contributed by atoms with Crippen molar-refractivity contribution in [2.75, 3.05) is 5.32 Å². The highest BCUT2D eigenvalue weighted by Gasteiger charge is 2.28. The second-order valence-corrected chi connectivity index (χ2v) is 6.77. The van der Waals surface area contributed by atoms with Gasteiger partial charge in [0.2, 0.25) is 0 Å². The number of halogens is 2. The van der Waals surface area contributed by atoms with E-state index in [0.717, 1.165) is 10.0 Å². The lowest BCUT2D eigenvalue weighted by atomic mass is 9.85. The molecular weight excluding hydrogens is 394 g/mol. The first-order chi connectivity index (χ1) is 11.5. The van der Waals surface area contributed by atoms with Gasteiger partial charge in [-0.1, -0.05) is 33.6 Å². The van der Waals surface area contributed by atoms with Crippen LogP contribution in [0.4, 0.5) is 5.69 Å². The van der Waals surface area contributed by atoms with E-state index in [1.807, 2.05) is 0 Å². The largest absolute Gasteiger partial charge is 0.478 e. The smallest absolute Gasteiger partial charge is 0.336 e. The fourth-order valence-corrected chi connectivity index (χ4v) is 3.23. The van der Waals surface area contributed by atoms with E-state index in [1.165, 1.54) is 0 Å².